The van der Waals surface area contributed by atoms with Gasteiger partial charge in [0.05, 0.1) is 6.04 Å². The Labute approximate surface area is 242 Å². The zero-order valence-corrected chi connectivity index (χ0v) is 24.4. The second-order valence-corrected chi connectivity index (χ2v) is 14.6. The van der Waals surface area contributed by atoms with E-state index in [0.29, 0.717) is 31.7 Å². The Hall–Kier alpha value is -2.56. The standard InChI is InChI=1S/C31H37F3N2O4S/c1-30(2,3)41(39)35-27(16-20-15-25(33)26(34)17-24(20)32)21-13-22-9-10-23(14-21)36(22)28(37)31(11-12-31)29(38)40-18-19-7-5-4-6-8-19/h4-8,15,17,21-23,27,35H,9-14,16,18H2,1-3H3/t21-,22-,23+,27-,41?/m1/s1. The number of benzene rings is 2. The van der Waals surface area contributed by atoms with E-state index in [1.807, 2.05) is 56.0 Å². The van der Waals surface area contributed by atoms with Crippen LogP contribution in [-0.2, 0) is 38.7 Å². The molecule has 1 N–H and O–H groups in total. The molecule has 2 heterocycles. The van der Waals surface area contributed by atoms with Crippen molar-refractivity contribution >= 4 is 23.2 Å². The van der Waals surface area contributed by atoms with Crippen molar-refractivity contribution in [2.45, 2.75) is 95.2 Å². The largest absolute Gasteiger partial charge is 0.598 e. The van der Waals surface area contributed by atoms with Crippen molar-refractivity contribution < 1.29 is 32.0 Å². The van der Waals surface area contributed by atoms with Gasteiger partial charge in [0.1, 0.15) is 22.6 Å². The number of fused-ring (bicyclic) bond motifs is 2. The Morgan fingerprint density at radius 2 is 1.66 bits per heavy atom. The molecule has 41 heavy (non-hydrogen) atoms. The second kappa shape index (κ2) is 11.6. The van der Waals surface area contributed by atoms with Gasteiger partial charge in [-0.25, -0.2) is 13.2 Å². The Bertz CT molecular complexity index is 1270. The van der Waals surface area contributed by atoms with Crippen molar-refractivity contribution in [3.05, 3.63) is 71.0 Å². The van der Waals surface area contributed by atoms with Crippen LogP contribution in [0.15, 0.2) is 42.5 Å². The van der Waals surface area contributed by atoms with Crippen LogP contribution in [0.1, 0.15) is 70.4 Å². The van der Waals surface area contributed by atoms with Crippen molar-refractivity contribution in [1.82, 2.24) is 9.62 Å². The van der Waals surface area contributed by atoms with E-state index in [0.717, 1.165) is 24.5 Å². The minimum Gasteiger partial charge on any atom is -0.598 e. The molecule has 222 valence electrons. The molecule has 2 bridgehead atoms. The van der Waals surface area contributed by atoms with Gasteiger partial charge in [0.15, 0.2) is 11.6 Å². The van der Waals surface area contributed by atoms with Crippen LogP contribution < -0.4 is 4.72 Å². The van der Waals surface area contributed by atoms with Gasteiger partial charge in [0.2, 0.25) is 5.91 Å². The van der Waals surface area contributed by atoms with Crippen molar-refractivity contribution in [1.29, 1.82) is 0 Å². The van der Waals surface area contributed by atoms with E-state index in [4.69, 9.17) is 4.74 Å². The van der Waals surface area contributed by atoms with Gasteiger partial charge in [0, 0.05) is 29.5 Å². The van der Waals surface area contributed by atoms with E-state index in [2.05, 4.69) is 4.72 Å². The van der Waals surface area contributed by atoms with Crippen LogP contribution in [0.2, 0.25) is 0 Å². The molecule has 10 heteroatoms. The maximum absolute atomic E-state index is 14.6. The van der Waals surface area contributed by atoms with Crippen LogP contribution in [-0.4, -0.2) is 44.2 Å². The Morgan fingerprint density at radius 1 is 1.05 bits per heavy atom. The molecular formula is C31H37F3N2O4S. The van der Waals surface area contributed by atoms with Crippen molar-refractivity contribution in [2.75, 3.05) is 0 Å². The van der Waals surface area contributed by atoms with Gasteiger partial charge in [-0.1, -0.05) is 30.3 Å². The number of hydrogen-bond donors (Lipinski definition) is 1. The zero-order chi connectivity index (χ0) is 29.5. The summed E-state index contributed by atoms with van der Waals surface area (Å²) in [5.74, 6) is -3.99. The molecule has 0 radical (unpaired) electrons. The number of rotatable bonds is 9. The quantitative estimate of drug-likeness (QED) is 0.184. The molecule has 0 aromatic heterocycles. The fourth-order valence-corrected chi connectivity index (χ4v) is 7.10. The highest BCUT2D eigenvalue weighted by molar-refractivity contribution is 7.90. The van der Waals surface area contributed by atoms with Crippen LogP contribution in [0, 0.1) is 28.8 Å². The van der Waals surface area contributed by atoms with Gasteiger partial charge in [-0.3, -0.25) is 9.59 Å². The van der Waals surface area contributed by atoms with Crippen molar-refractivity contribution in [3.8, 4) is 0 Å². The third kappa shape index (κ3) is 6.29. The summed E-state index contributed by atoms with van der Waals surface area (Å²) in [6, 6.07) is 10.0. The minimum atomic E-state index is -1.49. The predicted molar refractivity (Wildman–Crippen MR) is 149 cm³/mol. The number of carbonyl (C=O) groups is 2. The molecule has 1 saturated carbocycles. The molecule has 3 aliphatic rings. The normalized spacial score (nSPS) is 24.6. The molecule has 2 saturated heterocycles. The first-order valence-electron chi connectivity index (χ1n) is 14.2. The van der Waals surface area contributed by atoms with E-state index < -0.39 is 51.0 Å². The smallest absolute Gasteiger partial charge is 0.321 e. The third-order valence-electron chi connectivity index (χ3n) is 8.68. The Balaban J connectivity index is 1.30. The highest BCUT2D eigenvalue weighted by Crippen LogP contribution is 2.52. The van der Waals surface area contributed by atoms with Gasteiger partial charge in [-0.15, -0.1) is 4.72 Å². The fourth-order valence-electron chi connectivity index (χ4n) is 6.19. The lowest BCUT2D eigenvalue weighted by molar-refractivity contribution is -0.161. The summed E-state index contributed by atoms with van der Waals surface area (Å²) in [7, 11) is 0. The molecule has 5 rings (SSSR count). The van der Waals surface area contributed by atoms with Gasteiger partial charge in [-0.05, 0) is 88.8 Å². The highest BCUT2D eigenvalue weighted by atomic mass is 32.2. The van der Waals surface area contributed by atoms with Crippen LogP contribution in [0.5, 0.6) is 0 Å². The lowest BCUT2D eigenvalue weighted by Crippen LogP contribution is -2.56. The van der Waals surface area contributed by atoms with Gasteiger partial charge >= 0.3 is 5.97 Å². The van der Waals surface area contributed by atoms with Crippen molar-refractivity contribution in [2.24, 2.45) is 11.3 Å². The molecule has 6 nitrogen and oxygen atoms in total. The summed E-state index contributed by atoms with van der Waals surface area (Å²) in [5.41, 5.74) is -0.271. The maximum Gasteiger partial charge on any atom is 0.321 e. The Kier molecular flexibility index (Phi) is 8.47. The summed E-state index contributed by atoms with van der Waals surface area (Å²) >= 11 is -1.49. The predicted octanol–water partition coefficient (Wildman–Crippen LogP) is 5.36. The average molecular weight is 591 g/mol. The Morgan fingerprint density at radius 3 is 2.24 bits per heavy atom. The number of halogens is 3. The summed E-state index contributed by atoms with van der Waals surface area (Å²) in [6.45, 7) is 5.58. The SMILES string of the molecule is CC(C)(C)[S+]([O-])N[C@H](Cc1cc(F)c(F)cc1F)[C@@H]1C[C@H]2CC[C@@H](C1)N2C(=O)C1(C(=O)OCc2ccccc2)CC1. The summed E-state index contributed by atoms with van der Waals surface area (Å²) in [6.07, 6.45) is 3.64. The molecule has 1 aliphatic carbocycles. The molecule has 2 aromatic carbocycles. The molecule has 1 unspecified atom stereocenters. The zero-order valence-electron chi connectivity index (χ0n) is 23.6. The molecule has 5 atom stereocenters. The van der Waals surface area contributed by atoms with Crippen LogP contribution in [0.3, 0.4) is 0 Å². The molecular weight excluding hydrogens is 553 g/mol. The van der Waals surface area contributed by atoms with Crippen LogP contribution in [0.25, 0.3) is 0 Å². The number of esters is 1. The minimum absolute atomic E-state index is 0.0104. The third-order valence-corrected chi connectivity index (χ3v) is 10.3. The first kappa shape index (κ1) is 29.9. The maximum atomic E-state index is 14.6. The lowest BCUT2D eigenvalue weighted by atomic mass is 9.82. The molecule has 2 aromatic rings. The number of amides is 1. The summed E-state index contributed by atoms with van der Waals surface area (Å²) in [4.78, 5) is 28.8. The van der Waals surface area contributed by atoms with E-state index in [-0.39, 0.29) is 42.5 Å². The average Bonchev–Trinajstić information content (AvgIpc) is 3.70. The van der Waals surface area contributed by atoms with Gasteiger partial charge in [-0.2, -0.15) is 0 Å². The van der Waals surface area contributed by atoms with E-state index in [1.54, 1.807) is 0 Å². The molecule has 2 aliphatic heterocycles. The van der Waals surface area contributed by atoms with Crippen LogP contribution >= 0.6 is 0 Å². The molecule has 3 fully saturated rings. The van der Waals surface area contributed by atoms with E-state index in [9.17, 15) is 27.3 Å². The monoisotopic (exact) mass is 590 g/mol. The number of nitrogens with zero attached hydrogens (tertiary/aromatic N) is 1. The number of carbonyl (C=O) groups excluding carboxylic acids is 2. The first-order valence-corrected chi connectivity index (χ1v) is 15.4. The van der Waals surface area contributed by atoms with Crippen molar-refractivity contribution in [3.63, 3.8) is 0 Å². The van der Waals surface area contributed by atoms with E-state index >= 15 is 0 Å². The molecule has 1 amide bonds. The fraction of sp³-hybridized carbons (Fsp3) is 0.548. The summed E-state index contributed by atoms with van der Waals surface area (Å²) < 4.78 is 63.5. The number of ether oxygens (including phenoxy) is 1. The van der Waals surface area contributed by atoms with Gasteiger partial charge in [0.25, 0.3) is 0 Å². The molecule has 0 spiro atoms. The lowest BCUT2D eigenvalue weighted by Gasteiger charge is -2.43. The van der Waals surface area contributed by atoms with Crippen LogP contribution in [0.4, 0.5) is 13.2 Å². The van der Waals surface area contributed by atoms with Gasteiger partial charge < -0.3 is 14.2 Å². The summed E-state index contributed by atoms with van der Waals surface area (Å²) in [5, 5.41) is 0. The number of hydrogen-bond acceptors (Lipinski definition) is 5. The second-order valence-electron chi connectivity index (χ2n) is 12.6. The van der Waals surface area contributed by atoms with E-state index in [1.165, 1.54) is 0 Å². The topological polar surface area (TPSA) is 81.7 Å². The number of piperidine rings is 1. The first-order chi connectivity index (χ1) is 19.4. The number of nitrogens with one attached hydrogen (secondary N) is 1. The highest BCUT2D eigenvalue weighted by Gasteiger charge is 2.62.